The van der Waals surface area contributed by atoms with Gasteiger partial charge in [0, 0.05) is 34.6 Å². The number of methoxy groups -OCH3 is 1. The summed E-state index contributed by atoms with van der Waals surface area (Å²) >= 11 is 1.73. The molecule has 1 aliphatic rings. The average Bonchev–Trinajstić information content (AvgIpc) is 2.65. The van der Waals surface area contributed by atoms with Gasteiger partial charge in [0.2, 0.25) is 0 Å². The Morgan fingerprint density at radius 2 is 1.71 bits per heavy atom. The molecule has 4 nitrogen and oxygen atoms in total. The van der Waals surface area contributed by atoms with E-state index in [9.17, 15) is 9.59 Å². The average molecular weight is 342 g/mol. The highest BCUT2D eigenvalue weighted by Gasteiger charge is 2.16. The van der Waals surface area contributed by atoms with Gasteiger partial charge in [-0.05, 0) is 36.4 Å². The molecular formula is C19H18O4S. The zero-order chi connectivity index (χ0) is 16.9. The maximum Gasteiger partial charge on any atom is 0.163 e. The van der Waals surface area contributed by atoms with Gasteiger partial charge in [0.15, 0.2) is 11.6 Å². The van der Waals surface area contributed by atoms with Gasteiger partial charge >= 0.3 is 0 Å². The Morgan fingerprint density at radius 1 is 1.04 bits per heavy atom. The van der Waals surface area contributed by atoms with Crippen LogP contribution in [-0.2, 0) is 0 Å². The molecule has 0 fully saturated rings. The number of hydrogen-bond acceptors (Lipinski definition) is 5. The zero-order valence-corrected chi connectivity index (χ0v) is 14.2. The standard InChI is InChI=1S/C19H18O4S/c1-22-15-5-2-13(3-6-15)16(20)7-8-17(21)14-4-9-19-18(12-14)23-10-11-24-19/h2-6,9,12H,7-8,10-11H2,1H3. The van der Waals surface area contributed by atoms with Gasteiger partial charge in [0.05, 0.1) is 13.7 Å². The van der Waals surface area contributed by atoms with Crippen LogP contribution in [0.1, 0.15) is 33.6 Å². The van der Waals surface area contributed by atoms with Crippen molar-refractivity contribution in [3.8, 4) is 11.5 Å². The number of ketones is 2. The molecule has 0 saturated carbocycles. The second kappa shape index (κ2) is 7.53. The first-order valence-electron chi connectivity index (χ1n) is 7.77. The van der Waals surface area contributed by atoms with Crippen LogP contribution >= 0.6 is 11.8 Å². The SMILES string of the molecule is COc1ccc(C(=O)CCC(=O)c2ccc3c(c2)OCCS3)cc1. The number of fused-ring (bicyclic) bond motifs is 1. The summed E-state index contributed by atoms with van der Waals surface area (Å²) < 4.78 is 10.7. The number of ether oxygens (including phenoxy) is 2. The smallest absolute Gasteiger partial charge is 0.163 e. The predicted octanol–water partition coefficient (Wildman–Crippen LogP) is 4.03. The van der Waals surface area contributed by atoms with E-state index >= 15 is 0 Å². The highest BCUT2D eigenvalue weighted by molar-refractivity contribution is 7.99. The summed E-state index contributed by atoms with van der Waals surface area (Å²) in [5.74, 6) is 2.30. The number of thioether (sulfide) groups is 1. The first-order valence-corrected chi connectivity index (χ1v) is 8.76. The molecule has 0 radical (unpaired) electrons. The minimum Gasteiger partial charge on any atom is -0.497 e. The van der Waals surface area contributed by atoms with Gasteiger partial charge in [-0.25, -0.2) is 0 Å². The molecule has 0 spiro atoms. The maximum atomic E-state index is 12.3. The van der Waals surface area contributed by atoms with Crippen molar-refractivity contribution in [3.63, 3.8) is 0 Å². The Labute approximate surface area is 145 Å². The Hall–Kier alpha value is -2.27. The fourth-order valence-electron chi connectivity index (χ4n) is 2.51. The third-order valence-corrected chi connectivity index (χ3v) is 4.87. The molecule has 1 heterocycles. The van der Waals surface area contributed by atoms with Gasteiger partial charge < -0.3 is 9.47 Å². The Morgan fingerprint density at radius 3 is 2.42 bits per heavy atom. The summed E-state index contributed by atoms with van der Waals surface area (Å²) in [6.07, 6.45) is 0.384. The van der Waals surface area contributed by atoms with Crippen LogP contribution in [0.3, 0.4) is 0 Å². The van der Waals surface area contributed by atoms with Gasteiger partial charge in [-0.2, -0.15) is 0 Å². The van der Waals surface area contributed by atoms with Crippen molar-refractivity contribution in [3.05, 3.63) is 53.6 Å². The van der Waals surface area contributed by atoms with Crippen LogP contribution < -0.4 is 9.47 Å². The van der Waals surface area contributed by atoms with Crippen molar-refractivity contribution in [2.75, 3.05) is 19.5 Å². The van der Waals surface area contributed by atoms with Crippen molar-refractivity contribution in [1.82, 2.24) is 0 Å². The van der Waals surface area contributed by atoms with Gasteiger partial charge in [-0.1, -0.05) is 6.07 Å². The monoisotopic (exact) mass is 342 g/mol. The molecule has 0 saturated heterocycles. The summed E-state index contributed by atoms with van der Waals surface area (Å²) in [7, 11) is 1.58. The van der Waals surface area contributed by atoms with Gasteiger partial charge in [-0.15, -0.1) is 11.8 Å². The van der Waals surface area contributed by atoms with Crippen LogP contribution in [-0.4, -0.2) is 31.0 Å². The summed E-state index contributed by atoms with van der Waals surface area (Å²) in [6, 6.07) is 12.4. The maximum absolute atomic E-state index is 12.3. The zero-order valence-electron chi connectivity index (χ0n) is 13.4. The van der Waals surface area contributed by atoms with E-state index < -0.39 is 0 Å². The number of carbonyl (C=O) groups excluding carboxylic acids is 2. The number of Topliss-reactive ketones (excluding diaryl/α,β-unsaturated/α-hetero) is 2. The van der Waals surface area contributed by atoms with E-state index in [4.69, 9.17) is 9.47 Å². The van der Waals surface area contributed by atoms with Gasteiger partial charge in [0.1, 0.15) is 11.5 Å². The molecule has 5 heteroatoms. The van der Waals surface area contributed by atoms with E-state index in [0.29, 0.717) is 23.5 Å². The fraction of sp³-hybridized carbons (Fsp3) is 0.263. The van der Waals surface area contributed by atoms with E-state index in [1.807, 2.05) is 6.07 Å². The summed E-state index contributed by atoms with van der Waals surface area (Å²) in [5, 5.41) is 0. The Bertz CT molecular complexity index is 752. The lowest BCUT2D eigenvalue weighted by molar-refractivity contribution is 0.0917. The minimum absolute atomic E-state index is 0.0427. The molecule has 0 bridgehead atoms. The van der Waals surface area contributed by atoms with Gasteiger partial charge in [0.25, 0.3) is 0 Å². The third-order valence-electron chi connectivity index (χ3n) is 3.86. The molecule has 0 aromatic heterocycles. The molecule has 1 aliphatic heterocycles. The molecule has 0 N–H and O–H groups in total. The van der Waals surface area contributed by atoms with Crippen LogP contribution in [0.2, 0.25) is 0 Å². The molecular weight excluding hydrogens is 324 g/mol. The predicted molar refractivity (Wildman–Crippen MR) is 93.6 cm³/mol. The lowest BCUT2D eigenvalue weighted by atomic mass is 10.0. The molecule has 3 rings (SSSR count). The molecule has 0 unspecified atom stereocenters. The Kier molecular flexibility index (Phi) is 5.20. The largest absolute Gasteiger partial charge is 0.497 e. The van der Waals surface area contributed by atoms with E-state index in [1.165, 1.54) is 0 Å². The highest BCUT2D eigenvalue weighted by Crippen LogP contribution is 2.34. The third kappa shape index (κ3) is 3.79. The van der Waals surface area contributed by atoms with Gasteiger partial charge in [-0.3, -0.25) is 9.59 Å². The number of rotatable bonds is 6. The minimum atomic E-state index is -0.0456. The van der Waals surface area contributed by atoms with Crippen LogP contribution in [0, 0.1) is 0 Å². The van der Waals surface area contributed by atoms with Crippen LogP contribution in [0.25, 0.3) is 0 Å². The Balaban J connectivity index is 1.61. The molecule has 0 amide bonds. The molecule has 2 aromatic rings. The highest BCUT2D eigenvalue weighted by atomic mass is 32.2. The van der Waals surface area contributed by atoms with E-state index in [2.05, 4.69) is 0 Å². The number of hydrogen-bond donors (Lipinski definition) is 0. The summed E-state index contributed by atoms with van der Waals surface area (Å²) in [6.45, 7) is 0.658. The molecule has 0 aliphatic carbocycles. The quantitative estimate of drug-likeness (QED) is 0.742. The van der Waals surface area contributed by atoms with Crippen molar-refractivity contribution in [2.45, 2.75) is 17.7 Å². The number of carbonyl (C=O) groups is 2. The first kappa shape index (κ1) is 16.6. The first-order chi connectivity index (χ1) is 11.7. The normalized spacial score (nSPS) is 12.9. The summed E-state index contributed by atoms with van der Waals surface area (Å²) in [4.78, 5) is 25.6. The molecule has 24 heavy (non-hydrogen) atoms. The van der Waals surface area contributed by atoms with E-state index in [-0.39, 0.29) is 24.4 Å². The van der Waals surface area contributed by atoms with E-state index in [0.717, 1.165) is 16.4 Å². The molecule has 124 valence electrons. The molecule has 0 atom stereocenters. The van der Waals surface area contributed by atoms with Crippen LogP contribution in [0.15, 0.2) is 47.4 Å². The second-order valence-corrected chi connectivity index (χ2v) is 6.57. The second-order valence-electron chi connectivity index (χ2n) is 5.43. The lowest BCUT2D eigenvalue weighted by Gasteiger charge is -2.17. The van der Waals surface area contributed by atoms with Crippen molar-refractivity contribution in [2.24, 2.45) is 0 Å². The fourth-order valence-corrected chi connectivity index (χ4v) is 3.32. The van der Waals surface area contributed by atoms with E-state index in [1.54, 1.807) is 55.3 Å². The topological polar surface area (TPSA) is 52.6 Å². The molecule has 2 aromatic carbocycles. The summed E-state index contributed by atoms with van der Waals surface area (Å²) in [5.41, 5.74) is 1.19. The number of benzene rings is 2. The van der Waals surface area contributed by atoms with Crippen LogP contribution in [0.5, 0.6) is 11.5 Å². The van der Waals surface area contributed by atoms with Crippen LogP contribution in [0.4, 0.5) is 0 Å². The van der Waals surface area contributed by atoms with Crippen molar-refractivity contribution in [1.29, 1.82) is 0 Å². The lowest BCUT2D eigenvalue weighted by Crippen LogP contribution is -2.09. The van der Waals surface area contributed by atoms with Crippen molar-refractivity contribution < 1.29 is 19.1 Å². The van der Waals surface area contributed by atoms with Crippen molar-refractivity contribution >= 4 is 23.3 Å².